The van der Waals surface area contributed by atoms with E-state index >= 15 is 0 Å². The fourth-order valence-electron chi connectivity index (χ4n) is 4.25. The Bertz CT molecular complexity index is 220. The third-order valence-corrected chi connectivity index (χ3v) is 6.15. The van der Waals surface area contributed by atoms with Gasteiger partial charge >= 0.3 is 0 Å². The van der Waals surface area contributed by atoms with Crippen LogP contribution in [-0.2, 0) is 0 Å². The van der Waals surface area contributed by atoms with E-state index in [1.54, 1.807) is 0 Å². The number of hydrogen-bond donors (Lipinski definition) is 0. The molecule has 0 heterocycles. The zero-order valence-electron chi connectivity index (χ0n) is 19.1. The molecule has 0 fully saturated rings. The minimum atomic E-state index is 1.04. The van der Waals surface area contributed by atoms with Crippen molar-refractivity contribution in [3.8, 4) is 0 Å². The van der Waals surface area contributed by atoms with E-state index in [0.717, 1.165) is 5.92 Å². The van der Waals surface area contributed by atoms with Gasteiger partial charge in [0.2, 0.25) is 0 Å². The first-order valence-corrected chi connectivity index (χ1v) is 12.8. The maximum Gasteiger partial charge on any atom is -0.0414 e. The van der Waals surface area contributed by atoms with Crippen LogP contribution in [0.2, 0.25) is 0 Å². The van der Waals surface area contributed by atoms with Crippen LogP contribution in [-0.4, -0.2) is 0 Å². The first-order valence-electron chi connectivity index (χ1n) is 12.8. The van der Waals surface area contributed by atoms with Crippen molar-refractivity contribution in [2.24, 2.45) is 5.92 Å². The number of rotatable bonds is 22. The maximum atomic E-state index is 2.33. The highest BCUT2D eigenvalue weighted by Gasteiger charge is 2.08. The Morgan fingerprint density at radius 3 is 0.846 bits per heavy atom. The molecule has 0 heteroatoms. The summed E-state index contributed by atoms with van der Waals surface area (Å²) in [5.74, 6) is 1.04. The lowest BCUT2D eigenvalue weighted by Gasteiger charge is -2.17. The Balaban J connectivity index is 3.57. The molecular weight excluding hydrogens is 312 g/mol. The summed E-state index contributed by atoms with van der Waals surface area (Å²) in [5, 5.41) is 0. The SMILES string of the molecule is CCCCCCCCCCCCCC(CCCCCC)CCCCCC. The highest BCUT2D eigenvalue weighted by molar-refractivity contribution is 4.62. The maximum absolute atomic E-state index is 2.33. The Hall–Kier alpha value is 0. The molecule has 0 saturated heterocycles. The highest BCUT2D eigenvalue weighted by atomic mass is 14.1. The van der Waals surface area contributed by atoms with Crippen LogP contribution in [0.3, 0.4) is 0 Å². The Morgan fingerprint density at radius 1 is 0.308 bits per heavy atom. The molecule has 0 N–H and O–H groups in total. The molecular formula is C26H54. The summed E-state index contributed by atoms with van der Waals surface area (Å²) >= 11 is 0. The Morgan fingerprint density at radius 2 is 0.538 bits per heavy atom. The fourth-order valence-corrected chi connectivity index (χ4v) is 4.25. The van der Waals surface area contributed by atoms with Crippen LogP contribution in [0.15, 0.2) is 0 Å². The molecule has 0 atom stereocenters. The molecule has 0 amide bonds. The molecule has 0 aliphatic rings. The summed E-state index contributed by atoms with van der Waals surface area (Å²) in [7, 11) is 0. The van der Waals surface area contributed by atoms with Gasteiger partial charge in [-0.2, -0.15) is 0 Å². The smallest absolute Gasteiger partial charge is 0.0414 e. The van der Waals surface area contributed by atoms with E-state index in [-0.39, 0.29) is 0 Å². The van der Waals surface area contributed by atoms with Crippen LogP contribution >= 0.6 is 0 Å². The summed E-state index contributed by atoms with van der Waals surface area (Å²) in [4.78, 5) is 0. The predicted molar refractivity (Wildman–Crippen MR) is 122 cm³/mol. The quantitative estimate of drug-likeness (QED) is 0.167. The highest BCUT2D eigenvalue weighted by Crippen LogP contribution is 2.24. The molecule has 0 aliphatic carbocycles. The summed E-state index contributed by atoms with van der Waals surface area (Å²) < 4.78 is 0. The first-order chi connectivity index (χ1) is 12.8. The van der Waals surface area contributed by atoms with Gasteiger partial charge in [-0.1, -0.05) is 162 Å². The fraction of sp³-hybridized carbons (Fsp3) is 1.00. The third-order valence-electron chi connectivity index (χ3n) is 6.15. The van der Waals surface area contributed by atoms with Crippen molar-refractivity contribution in [1.29, 1.82) is 0 Å². The van der Waals surface area contributed by atoms with Crippen molar-refractivity contribution >= 4 is 0 Å². The second-order valence-corrected chi connectivity index (χ2v) is 8.89. The molecule has 0 saturated carbocycles. The van der Waals surface area contributed by atoms with Crippen LogP contribution in [0.5, 0.6) is 0 Å². The van der Waals surface area contributed by atoms with E-state index in [1.807, 2.05) is 0 Å². The van der Waals surface area contributed by atoms with E-state index in [4.69, 9.17) is 0 Å². The Kier molecular flexibility index (Phi) is 23.0. The summed E-state index contributed by atoms with van der Waals surface area (Å²) in [5.41, 5.74) is 0. The minimum absolute atomic E-state index is 1.04. The Labute approximate surface area is 168 Å². The lowest BCUT2D eigenvalue weighted by atomic mass is 9.89. The number of hydrogen-bond acceptors (Lipinski definition) is 0. The molecule has 0 rings (SSSR count). The van der Waals surface area contributed by atoms with Crippen LogP contribution < -0.4 is 0 Å². The van der Waals surface area contributed by atoms with Crippen LogP contribution in [0.25, 0.3) is 0 Å². The number of unbranched alkanes of at least 4 members (excludes halogenated alkanes) is 16. The van der Waals surface area contributed by atoms with Crippen molar-refractivity contribution in [1.82, 2.24) is 0 Å². The zero-order chi connectivity index (χ0) is 19.1. The first kappa shape index (κ1) is 26.0. The molecule has 0 radical (unpaired) electrons. The zero-order valence-corrected chi connectivity index (χ0v) is 19.1. The van der Waals surface area contributed by atoms with Crippen molar-refractivity contribution < 1.29 is 0 Å². The van der Waals surface area contributed by atoms with E-state index < -0.39 is 0 Å². The monoisotopic (exact) mass is 366 g/mol. The molecule has 0 aliphatic heterocycles. The second kappa shape index (κ2) is 23.0. The standard InChI is InChI=1S/C26H54/c1-4-7-10-13-14-15-16-17-18-19-22-25-26(23-20-11-8-5-2)24-21-12-9-6-3/h26H,4-25H2,1-3H3. The van der Waals surface area contributed by atoms with Gasteiger partial charge in [0.15, 0.2) is 0 Å². The van der Waals surface area contributed by atoms with E-state index in [1.165, 1.54) is 141 Å². The van der Waals surface area contributed by atoms with Crippen LogP contribution in [0.4, 0.5) is 0 Å². The largest absolute Gasteiger partial charge is 0.0654 e. The molecule has 26 heavy (non-hydrogen) atoms. The van der Waals surface area contributed by atoms with Gasteiger partial charge in [0.05, 0.1) is 0 Å². The van der Waals surface area contributed by atoms with Crippen LogP contribution in [0, 0.1) is 5.92 Å². The predicted octanol–water partition coefficient (Wildman–Crippen LogP) is 10.2. The molecule has 0 aromatic heterocycles. The van der Waals surface area contributed by atoms with Gasteiger partial charge in [0, 0.05) is 0 Å². The normalized spacial score (nSPS) is 11.5. The van der Waals surface area contributed by atoms with Crippen molar-refractivity contribution in [3.05, 3.63) is 0 Å². The lowest BCUT2D eigenvalue weighted by molar-refractivity contribution is 0.367. The van der Waals surface area contributed by atoms with Crippen molar-refractivity contribution in [2.45, 2.75) is 162 Å². The molecule has 0 bridgehead atoms. The molecule has 0 aromatic carbocycles. The van der Waals surface area contributed by atoms with Gasteiger partial charge < -0.3 is 0 Å². The van der Waals surface area contributed by atoms with Gasteiger partial charge in [-0.15, -0.1) is 0 Å². The summed E-state index contributed by atoms with van der Waals surface area (Å²) in [6.45, 7) is 6.96. The third kappa shape index (κ3) is 20.3. The molecule has 0 aromatic rings. The molecule has 0 spiro atoms. The van der Waals surface area contributed by atoms with Gasteiger partial charge in [-0.3, -0.25) is 0 Å². The van der Waals surface area contributed by atoms with Gasteiger partial charge in [-0.05, 0) is 5.92 Å². The summed E-state index contributed by atoms with van der Waals surface area (Å²) in [6, 6.07) is 0. The average molecular weight is 367 g/mol. The van der Waals surface area contributed by atoms with Crippen LogP contribution in [0.1, 0.15) is 162 Å². The lowest BCUT2D eigenvalue weighted by Crippen LogP contribution is -2.01. The molecule has 0 nitrogen and oxygen atoms in total. The van der Waals surface area contributed by atoms with E-state index in [0.29, 0.717) is 0 Å². The molecule has 158 valence electrons. The van der Waals surface area contributed by atoms with Gasteiger partial charge in [-0.25, -0.2) is 0 Å². The van der Waals surface area contributed by atoms with Crippen molar-refractivity contribution in [3.63, 3.8) is 0 Å². The second-order valence-electron chi connectivity index (χ2n) is 8.89. The van der Waals surface area contributed by atoms with E-state index in [2.05, 4.69) is 20.8 Å². The topological polar surface area (TPSA) is 0 Å². The molecule has 0 unspecified atom stereocenters. The van der Waals surface area contributed by atoms with E-state index in [9.17, 15) is 0 Å². The van der Waals surface area contributed by atoms with Crippen molar-refractivity contribution in [2.75, 3.05) is 0 Å². The minimum Gasteiger partial charge on any atom is -0.0654 e. The van der Waals surface area contributed by atoms with Gasteiger partial charge in [0.25, 0.3) is 0 Å². The van der Waals surface area contributed by atoms with Gasteiger partial charge in [0.1, 0.15) is 0 Å². The average Bonchev–Trinajstić information content (AvgIpc) is 2.66. The summed E-state index contributed by atoms with van der Waals surface area (Å²) in [6.07, 6.45) is 32.3.